The number of carbonyl (C=O) groups is 2. The summed E-state index contributed by atoms with van der Waals surface area (Å²) in [6.45, 7) is 4.71. The summed E-state index contributed by atoms with van der Waals surface area (Å²) in [5, 5.41) is 8.43. The Labute approximate surface area is 106 Å². The molecule has 0 bridgehead atoms. The van der Waals surface area contributed by atoms with E-state index in [1.165, 1.54) is 6.08 Å². The van der Waals surface area contributed by atoms with Gasteiger partial charge in [0, 0.05) is 0 Å². The lowest BCUT2D eigenvalue weighted by Crippen LogP contribution is -2.08. The smallest absolute Gasteiger partial charge is 0.376 e. The molecule has 0 saturated heterocycles. The summed E-state index contributed by atoms with van der Waals surface area (Å²) in [6.07, 6.45) is 2.49. The second kappa shape index (κ2) is 6.59. The predicted molar refractivity (Wildman–Crippen MR) is 68.5 cm³/mol. The fourth-order valence-corrected chi connectivity index (χ4v) is 1.21. The molecule has 1 aromatic rings. The Morgan fingerprint density at radius 2 is 2.11 bits per heavy atom. The number of benzene rings is 1. The molecule has 0 atom stereocenters. The zero-order chi connectivity index (χ0) is 13.5. The normalized spacial score (nSPS) is 10.8. The van der Waals surface area contributed by atoms with Crippen molar-refractivity contribution in [1.29, 1.82) is 0 Å². The number of aliphatic carboxylic acids is 1. The van der Waals surface area contributed by atoms with E-state index in [4.69, 9.17) is 9.84 Å². The number of carbonyl (C=O) groups excluding carboxylic acids is 1. The van der Waals surface area contributed by atoms with Gasteiger partial charge in [-0.1, -0.05) is 32.1 Å². The molecule has 1 N–H and O–H groups in total. The Kier molecular flexibility index (Phi) is 5.11. The van der Waals surface area contributed by atoms with Crippen LogP contribution >= 0.6 is 0 Å². The fourth-order valence-electron chi connectivity index (χ4n) is 1.21. The van der Waals surface area contributed by atoms with Gasteiger partial charge >= 0.3 is 5.97 Å². The van der Waals surface area contributed by atoms with Crippen LogP contribution in [-0.2, 0) is 9.59 Å². The Bertz CT molecular complexity index is 461. The fraction of sp³-hybridized carbons (Fsp3) is 0.286. The van der Waals surface area contributed by atoms with Crippen molar-refractivity contribution in [3.8, 4) is 5.75 Å². The second-order valence-electron chi connectivity index (χ2n) is 4.28. The van der Waals surface area contributed by atoms with E-state index >= 15 is 0 Å². The highest BCUT2D eigenvalue weighted by atomic mass is 16.5. The molecule has 96 valence electrons. The van der Waals surface area contributed by atoms with Gasteiger partial charge in [-0.05, 0) is 29.7 Å². The highest BCUT2D eigenvalue weighted by Gasteiger charge is 2.05. The monoisotopic (exact) mass is 248 g/mol. The van der Waals surface area contributed by atoms with Crippen molar-refractivity contribution in [2.24, 2.45) is 5.92 Å². The first-order valence-corrected chi connectivity index (χ1v) is 5.67. The average Bonchev–Trinajstić information content (AvgIpc) is 2.33. The molecule has 1 aromatic carbocycles. The van der Waals surface area contributed by atoms with E-state index in [1.807, 2.05) is 6.07 Å². The van der Waals surface area contributed by atoms with E-state index in [0.717, 1.165) is 11.6 Å². The molecular formula is C14H16O4. The third-order valence-electron chi connectivity index (χ3n) is 2.08. The largest absolute Gasteiger partial charge is 0.493 e. The van der Waals surface area contributed by atoms with E-state index < -0.39 is 11.8 Å². The molecule has 0 heterocycles. The van der Waals surface area contributed by atoms with E-state index in [-0.39, 0.29) is 0 Å². The van der Waals surface area contributed by atoms with Crippen molar-refractivity contribution in [2.75, 3.05) is 6.61 Å². The SMILES string of the molecule is CC(C)COc1cccc(/C=C/C(=O)C(=O)O)c1. The Morgan fingerprint density at radius 1 is 1.39 bits per heavy atom. The zero-order valence-electron chi connectivity index (χ0n) is 10.4. The van der Waals surface area contributed by atoms with E-state index in [2.05, 4.69) is 13.8 Å². The van der Waals surface area contributed by atoms with Gasteiger partial charge in [0.2, 0.25) is 0 Å². The van der Waals surface area contributed by atoms with Gasteiger partial charge in [-0.15, -0.1) is 0 Å². The molecule has 0 aliphatic carbocycles. The first-order chi connectivity index (χ1) is 8.49. The number of carboxylic acid groups (broad SMARTS) is 1. The third-order valence-corrected chi connectivity index (χ3v) is 2.08. The summed E-state index contributed by atoms with van der Waals surface area (Å²) in [5.74, 6) is -1.27. The van der Waals surface area contributed by atoms with Crippen LogP contribution in [0.4, 0.5) is 0 Å². The van der Waals surface area contributed by atoms with Crippen molar-refractivity contribution >= 4 is 17.8 Å². The molecule has 4 heteroatoms. The molecule has 0 fully saturated rings. The van der Waals surface area contributed by atoms with Crippen LogP contribution in [0, 0.1) is 5.92 Å². The minimum atomic E-state index is -1.46. The van der Waals surface area contributed by atoms with Gasteiger partial charge in [-0.2, -0.15) is 0 Å². The minimum Gasteiger partial charge on any atom is -0.493 e. The van der Waals surface area contributed by atoms with E-state index in [1.54, 1.807) is 18.2 Å². The van der Waals surface area contributed by atoms with Crippen LogP contribution in [0.15, 0.2) is 30.3 Å². The van der Waals surface area contributed by atoms with Gasteiger partial charge in [0.15, 0.2) is 0 Å². The summed E-state index contributed by atoms with van der Waals surface area (Å²) >= 11 is 0. The molecule has 0 unspecified atom stereocenters. The molecule has 0 aromatic heterocycles. The number of rotatable bonds is 6. The first kappa shape index (κ1) is 14.0. The molecule has 0 radical (unpaired) electrons. The molecule has 1 rings (SSSR count). The summed E-state index contributed by atoms with van der Waals surface area (Å²) in [6, 6.07) is 7.14. The second-order valence-corrected chi connectivity index (χ2v) is 4.28. The van der Waals surface area contributed by atoms with Gasteiger partial charge in [0.1, 0.15) is 5.75 Å². The highest BCUT2D eigenvalue weighted by molar-refractivity contribution is 6.38. The first-order valence-electron chi connectivity index (χ1n) is 5.67. The van der Waals surface area contributed by atoms with Gasteiger partial charge in [0.25, 0.3) is 5.78 Å². The van der Waals surface area contributed by atoms with Crippen LogP contribution in [0.2, 0.25) is 0 Å². The summed E-state index contributed by atoms with van der Waals surface area (Å²) < 4.78 is 5.53. The van der Waals surface area contributed by atoms with Crippen molar-refractivity contribution < 1.29 is 19.4 Å². The van der Waals surface area contributed by atoms with Crippen LogP contribution in [0.25, 0.3) is 6.08 Å². The number of ketones is 1. The van der Waals surface area contributed by atoms with E-state index in [0.29, 0.717) is 18.3 Å². The van der Waals surface area contributed by atoms with Crippen molar-refractivity contribution in [3.05, 3.63) is 35.9 Å². The lowest BCUT2D eigenvalue weighted by molar-refractivity contribution is -0.146. The average molecular weight is 248 g/mol. The molecule has 0 aliphatic heterocycles. The van der Waals surface area contributed by atoms with Crippen molar-refractivity contribution in [1.82, 2.24) is 0 Å². The Morgan fingerprint density at radius 3 is 2.72 bits per heavy atom. The van der Waals surface area contributed by atoms with Crippen molar-refractivity contribution in [3.63, 3.8) is 0 Å². The van der Waals surface area contributed by atoms with Gasteiger partial charge < -0.3 is 9.84 Å². The lowest BCUT2D eigenvalue weighted by Gasteiger charge is -2.08. The van der Waals surface area contributed by atoms with Crippen LogP contribution < -0.4 is 4.74 Å². The number of carboxylic acids is 1. The maximum Gasteiger partial charge on any atom is 0.376 e. The maximum atomic E-state index is 10.9. The summed E-state index contributed by atoms with van der Waals surface area (Å²) in [4.78, 5) is 21.2. The quantitative estimate of drug-likeness (QED) is 0.620. The molecule has 0 spiro atoms. The predicted octanol–water partition coefficient (Wildman–Crippen LogP) is 2.39. The summed E-state index contributed by atoms with van der Waals surface area (Å²) in [7, 11) is 0. The summed E-state index contributed by atoms with van der Waals surface area (Å²) in [5.41, 5.74) is 0.728. The molecule has 0 saturated carbocycles. The third kappa shape index (κ3) is 4.82. The van der Waals surface area contributed by atoms with Crippen LogP contribution in [-0.4, -0.2) is 23.5 Å². The van der Waals surface area contributed by atoms with Crippen molar-refractivity contribution in [2.45, 2.75) is 13.8 Å². The standard InChI is InChI=1S/C14H16O4/c1-10(2)9-18-12-5-3-4-11(8-12)6-7-13(15)14(16)17/h3-8,10H,9H2,1-2H3,(H,16,17)/b7-6+. The number of hydrogen-bond donors (Lipinski definition) is 1. The lowest BCUT2D eigenvalue weighted by atomic mass is 10.2. The molecule has 4 nitrogen and oxygen atoms in total. The van der Waals surface area contributed by atoms with Crippen LogP contribution in [0.5, 0.6) is 5.75 Å². The van der Waals surface area contributed by atoms with Crippen LogP contribution in [0.1, 0.15) is 19.4 Å². The highest BCUT2D eigenvalue weighted by Crippen LogP contribution is 2.15. The molecule has 0 aliphatic rings. The number of ether oxygens (including phenoxy) is 1. The Balaban J connectivity index is 2.70. The van der Waals surface area contributed by atoms with Crippen LogP contribution in [0.3, 0.4) is 0 Å². The zero-order valence-corrected chi connectivity index (χ0v) is 10.4. The molecule has 18 heavy (non-hydrogen) atoms. The topological polar surface area (TPSA) is 63.6 Å². The van der Waals surface area contributed by atoms with Gasteiger partial charge in [0.05, 0.1) is 6.61 Å². The van der Waals surface area contributed by atoms with Gasteiger partial charge in [-0.25, -0.2) is 4.79 Å². The minimum absolute atomic E-state index is 0.429. The maximum absolute atomic E-state index is 10.9. The van der Waals surface area contributed by atoms with Gasteiger partial charge in [-0.3, -0.25) is 4.79 Å². The Hall–Kier alpha value is -2.10. The molecular weight excluding hydrogens is 232 g/mol. The number of hydrogen-bond acceptors (Lipinski definition) is 3. The van der Waals surface area contributed by atoms with E-state index in [9.17, 15) is 9.59 Å². The molecule has 0 amide bonds.